The first-order valence-corrected chi connectivity index (χ1v) is 3.92. The van der Waals surface area contributed by atoms with Gasteiger partial charge in [0.15, 0.2) is 0 Å². The molecule has 0 radical (unpaired) electrons. The van der Waals surface area contributed by atoms with Gasteiger partial charge in [-0.15, -0.1) is 0 Å². The van der Waals surface area contributed by atoms with Crippen molar-refractivity contribution in [1.29, 1.82) is 0 Å². The predicted molar refractivity (Wildman–Crippen MR) is 31.8 cm³/mol. The second-order valence-electron chi connectivity index (χ2n) is 1.38. The lowest BCUT2D eigenvalue weighted by Crippen LogP contribution is -2.41. The van der Waals surface area contributed by atoms with Gasteiger partial charge in [-0.3, -0.25) is 0 Å². The van der Waals surface area contributed by atoms with Crippen molar-refractivity contribution in [3.63, 3.8) is 0 Å². The Hall–Kier alpha value is -0.860. The summed E-state index contributed by atoms with van der Waals surface area (Å²) in [6.45, 7) is 0. The smallest absolute Gasteiger partial charge is 0.328 e. The Kier molecular flexibility index (Phi) is 3.06. The summed E-state index contributed by atoms with van der Waals surface area (Å²) < 4.78 is 24.1. The number of nitrogens with one attached hydrogen (secondary N) is 2. The molecule has 0 fully saturated rings. The van der Waals surface area contributed by atoms with E-state index in [0.29, 0.717) is 0 Å². The second kappa shape index (κ2) is 3.34. The molecule has 0 saturated carbocycles. The van der Waals surface area contributed by atoms with Gasteiger partial charge < -0.3 is 5.73 Å². The van der Waals surface area contributed by atoms with Crippen molar-refractivity contribution in [2.45, 2.75) is 0 Å². The van der Waals surface area contributed by atoms with E-state index >= 15 is 0 Å². The van der Waals surface area contributed by atoms with Crippen LogP contribution in [-0.4, -0.2) is 20.7 Å². The van der Waals surface area contributed by atoms with E-state index < -0.39 is 16.1 Å². The third kappa shape index (κ3) is 7.14. The van der Waals surface area contributed by atoms with Gasteiger partial charge in [0.25, 0.3) is 10.1 Å². The molecule has 10 heavy (non-hydrogen) atoms. The minimum atomic E-state index is -3.60. The molecule has 0 spiro atoms. The fourth-order valence-corrected chi connectivity index (χ4v) is 0.340. The molecule has 0 aromatic carbocycles. The number of rotatable bonds is 3. The Morgan fingerprint density at radius 1 is 1.60 bits per heavy atom. The maximum absolute atomic E-state index is 10.1. The van der Waals surface area contributed by atoms with Gasteiger partial charge >= 0.3 is 6.03 Å². The van der Waals surface area contributed by atoms with Crippen molar-refractivity contribution in [3.8, 4) is 0 Å². The van der Waals surface area contributed by atoms with Gasteiger partial charge in [0.2, 0.25) is 0 Å². The zero-order chi connectivity index (χ0) is 8.20. The first-order chi connectivity index (χ1) is 4.42. The highest BCUT2D eigenvalue weighted by Crippen LogP contribution is 1.76. The maximum atomic E-state index is 10.1. The van der Waals surface area contributed by atoms with Crippen molar-refractivity contribution < 1.29 is 17.5 Å². The van der Waals surface area contributed by atoms with Crippen LogP contribution in [0.4, 0.5) is 4.79 Å². The van der Waals surface area contributed by atoms with Gasteiger partial charge in [-0.25, -0.2) is 10.2 Å². The molecular formula is C2H7N3O4S. The fourth-order valence-electron chi connectivity index (χ4n) is 0.147. The van der Waals surface area contributed by atoms with Crippen LogP contribution in [0.15, 0.2) is 0 Å². The number of nitrogens with two attached hydrogens (primary N) is 1. The molecule has 0 saturated heterocycles. The van der Waals surface area contributed by atoms with Gasteiger partial charge in [-0.2, -0.15) is 12.7 Å². The fraction of sp³-hybridized carbons (Fsp3) is 0.500. The van der Waals surface area contributed by atoms with E-state index in [1.54, 1.807) is 11.0 Å². The van der Waals surface area contributed by atoms with Crippen LogP contribution < -0.4 is 16.7 Å². The summed E-state index contributed by atoms with van der Waals surface area (Å²) in [6.07, 6.45) is 0.808. The summed E-state index contributed by atoms with van der Waals surface area (Å²) in [4.78, 5) is 9.86. The Balaban J connectivity index is 3.49. The summed E-state index contributed by atoms with van der Waals surface area (Å²) in [7, 11) is -3.60. The highest BCUT2D eigenvalue weighted by Gasteiger charge is 1.99. The summed E-state index contributed by atoms with van der Waals surface area (Å²) in [5.41, 5.74) is 7.84. The number of hydrogen-bond acceptors (Lipinski definition) is 5. The first kappa shape index (κ1) is 9.14. The van der Waals surface area contributed by atoms with Crippen LogP contribution in [-0.2, 0) is 14.4 Å². The molecule has 7 nitrogen and oxygen atoms in total. The molecule has 0 rings (SSSR count). The lowest BCUT2D eigenvalue weighted by Gasteiger charge is -2.00. The second-order valence-corrected chi connectivity index (χ2v) is 2.95. The van der Waals surface area contributed by atoms with Crippen LogP contribution in [0.25, 0.3) is 0 Å². The molecule has 0 bridgehead atoms. The van der Waals surface area contributed by atoms with Crippen LogP contribution in [0.2, 0.25) is 0 Å². The van der Waals surface area contributed by atoms with Crippen molar-refractivity contribution in [2.75, 3.05) is 6.26 Å². The zero-order valence-corrected chi connectivity index (χ0v) is 5.94. The van der Waals surface area contributed by atoms with Gasteiger partial charge in [0, 0.05) is 0 Å². The summed E-state index contributed by atoms with van der Waals surface area (Å²) in [5, 5.41) is 0. The molecule has 0 aliphatic rings. The Morgan fingerprint density at radius 3 is 2.40 bits per heavy atom. The highest BCUT2D eigenvalue weighted by molar-refractivity contribution is 7.85. The normalized spacial score (nSPS) is 10.9. The van der Waals surface area contributed by atoms with Crippen molar-refractivity contribution >= 4 is 16.1 Å². The average molecular weight is 169 g/mol. The predicted octanol–water partition coefficient (Wildman–Crippen LogP) is -1.95. The number of urea groups is 1. The molecule has 0 aromatic rings. The monoisotopic (exact) mass is 169 g/mol. The zero-order valence-electron chi connectivity index (χ0n) is 5.12. The molecular weight excluding hydrogens is 162 g/mol. The third-order valence-electron chi connectivity index (χ3n) is 0.367. The van der Waals surface area contributed by atoms with Gasteiger partial charge in [-0.05, 0) is 0 Å². The lowest BCUT2D eigenvalue weighted by atomic mass is 11.2. The van der Waals surface area contributed by atoms with Gasteiger partial charge in [0.05, 0.1) is 6.26 Å². The lowest BCUT2D eigenvalue weighted by molar-refractivity contribution is 0.163. The minimum Gasteiger partial charge on any atom is -0.350 e. The van der Waals surface area contributed by atoms with Gasteiger partial charge in [0.1, 0.15) is 0 Å². The summed E-state index contributed by atoms with van der Waals surface area (Å²) in [5.74, 6) is 0. The van der Waals surface area contributed by atoms with E-state index in [-0.39, 0.29) is 0 Å². The Bertz CT molecular complexity index is 209. The summed E-state index contributed by atoms with van der Waals surface area (Å²) in [6, 6.07) is -0.941. The van der Waals surface area contributed by atoms with Crippen LogP contribution in [0.5, 0.6) is 0 Å². The molecule has 4 N–H and O–H groups in total. The standard InChI is InChI=1S/C2H7N3O4S/c1-10(7,8)9-5-4-2(3)6/h5H,1H3,(H3,3,4,6). The number of amides is 2. The molecule has 0 heterocycles. The number of carbonyl (C=O) groups is 1. The maximum Gasteiger partial charge on any atom is 0.328 e. The van der Waals surface area contributed by atoms with Crippen molar-refractivity contribution in [2.24, 2.45) is 5.73 Å². The highest BCUT2D eigenvalue weighted by atomic mass is 32.2. The van der Waals surface area contributed by atoms with E-state index in [9.17, 15) is 13.2 Å². The van der Waals surface area contributed by atoms with E-state index in [1.165, 1.54) is 0 Å². The van der Waals surface area contributed by atoms with Crippen LogP contribution >= 0.6 is 0 Å². The third-order valence-corrected chi connectivity index (χ3v) is 0.753. The van der Waals surface area contributed by atoms with E-state index in [1.807, 2.05) is 0 Å². The first-order valence-electron chi connectivity index (χ1n) is 2.11. The number of primary amides is 1. The molecule has 2 amide bonds. The molecule has 0 aliphatic carbocycles. The molecule has 8 heteroatoms. The van der Waals surface area contributed by atoms with Crippen LogP contribution in [0.3, 0.4) is 0 Å². The molecule has 60 valence electrons. The average Bonchev–Trinajstić information content (AvgIpc) is 1.59. The van der Waals surface area contributed by atoms with Gasteiger partial charge in [-0.1, -0.05) is 5.59 Å². The van der Waals surface area contributed by atoms with Crippen molar-refractivity contribution in [1.82, 2.24) is 11.0 Å². The van der Waals surface area contributed by atoms with Crippen LogP contribution in [0, 0.1) is 0 Å². The Labute approximate surface area is 57.6 Å². The number of carbonyl (C=O) groups excluding carboxylic acids is 1. The molecule has 0 atom stereocenters. The molecule has 0 aromatic heterocycles. The number of hydrogen-bond donors (Lipinski definition) is 3. The van der Waals surface area contributed by atoms with E-state index in [0.717, 1.165) is 6.26 Å². The minimum absolute atomic E-state index is 0.808. The largest absolute Gasteiger partial charge is 0.350 e. The quantitative estimate of drug-likeness (QED) is 0.425. The Morgan fingerprint density at radius 2 is 2.10 bits per heavy atom. The topological polar surface area (TPSA) is 111 Å². The van der Waals surface area contributed by atoms with E-state index in [2.05, 4.69) is 10.0 Å². The van der Waals surface area contributed by atoms with Crippen molar-refractivity contribution in [3.05, 3.63) is 0 Å². The summed E-state index contributed by atoms with van der Waals surface area (Å²) >= 11 is 0. The van der Waals surface area contributed by atoms with Crippen LogP contribution in [0.1, 0.15) is 0 Å². The molecule has 0 unspecified atom stereocenters. The SMILES string of the molecule is CS(=O)(=O)ONNC(N)=O. The van der Waals surface area contributed by atoms with E-state index in [4.69, 9.17) is 0 Å². The molecule has 0 aliphatic heterocycles. The number of hydrazine groups is 1.